The van der Waals surface area contributed by atoms with Crippen LogP contribution in [0.3, 0.4) is 0 Å². The molecule has 0 N–H and O–H groups in total. The molecule has 1 aliphatic carbocycles. The molecule has 1 aliphatic rings. The number of hydrogen-bond acceptors (Lipinski definition) is 0. The summed E-state index contributed by atoms with van der Waals surface area (Å²) in [6, 6.07) is 10.1. The maximum atomic E-state index is 13.8. The predicted octanol–water partition coefficient (Wildman–Crippen LogP) is 4.29. The molecule has 19 heavy (non-hydrogen) atoms. The van der Waals surface area contributed by atoms with Crippen LogP contribution < -0.4 is 0 Å². The Morgan fingerprint density at radius 2 is 1.00 bits per heavy atom. The molecule has 0 heterocycles. The minimum absolute atomic E-state index is 0.336. The highest BCUT2D eigenvalue weighted by Crippen LogP contribution is 2.65. The number of rotatable bonds is 2. The van der Waals surface area contributed by atoms with Crippen molar-refractivity contribution >= 4 is 0 Å². The van der Waals surface area contributed by atoms with Gasteiger partial charge < -0.3 is 0 Å². The number of hydrogen-bond donors (Lipinski definition) is 0. The van der Waals surface area contributed by atoms with Gasteiger partial charge in [-0.2, -0.15) is 0 Å². The summed E-state index contributed by atoms with van der Waals surface area (Å²) < 4.78 is 53.5. The molecule has 4 heteroatoms. The maximum Gasteiger partial charge on any atom is 0.263 e. The first-order chi connectivity index (χ1) is 8.96. The molecule has 0 saturated heterocycles. The highest BCUT2D eigenvalue weighted by atomic mass is 19.3. The van der Waals surface area contributed by atoms with Crippen molar-refractivity contribution in [3.8, 4) is 0 Å². The van der Waals surface area contributed by atoms with Crippen LogP contribution in [0.4, 0.5) is 17.6 Å². The molecule has 1 saturated carbocycles. The van der Waals surface area contributed by atoms with E-state index in [1.165, 1.54) is 24.3 Å². The van der Waals surface area contributed by atoms with Crippen LogP contribution in [0.5, 0.6) is 0 Å². The van der Waals surface area contributed by atoms with Crippen molar-refractivity contribution in [2.45, 2.75) is 17.8 Å². The van der Waals surface area contributed by atoms with E-state index in [2.05, 4.69) is 0 Å². The summed E-state index contributed by atoms with van der Waals surface area (Å²) in [6.45, 7) is 0. The second-order valence-corrected chi connectivity index (χ2v) is 4.80. The number of alkyl halides is 2. The summed E-state index contributed by atoms with van der Waals surface area (Å²) in [5, 5.41) is 0. The molecule has 3 rings (SSSR count). The first-order valence-corrected chi connectivity index (χ1v) is 5.86. The van der Waals surface area contributed by atoms with E-state index in [1.54, 1.807) is 0 Å². The van der Waals surface area contributed by atoms with Crippen molar-refractivity contribution < 1.29 is 17.6 Å². The zero-order valence-corrected chi connectivity index (χ0v) is 9.84. The zero-order valence-electron chi connectivity index (χ0n) is 9.84. The third-order valence-corrected chi connectivity index (χ3v) is 3.66. The Balaban J connectivity index is 2.11. The lowest BCUT2D eigenvalue weighted by Crippen LogP contribution is -2.18. The molecular formula is C15H10F4. The summed E-state index contributed by atoms with van der Waals surface area (Å²) in [6.07, 6.45) is -0.336. The van der Waals surface area contributed by atoms with Gasteiger partial charge in [-0.1, -0.05) is 24.3 Å². The van der Waals surface area contributed by atoms with Crippen molar-refractivity contribution in [3.63, 3.8) is 0 Å². The summed E-state index contributed by atoms with van der Waals surface area (Å²) in [4.78, 5) is 0. The highest BCUT2D eigenvalue weighted by molar-refractivity contribution is 5.50. The van der Waals surface area contributed by atoms with Crippen LogP contribution in [0.25, 0.3) is 0 Å². The molecule has 0 unspecified atom stereocenters. The Bertz CT molecular complexity index is 554. The molecule has 0 bridgehead atoms. The summed E-state index contributed by atoms with van der Waals surface area (Å²) in [7, 11) is 0. The van der Waals surface area contributed by atoms with Gasteiger partial charge in [-0.25, -0.2) is 17.6 Å². The van der Waals surface area contributed by atoms with E-state index in [-0.39, 0.29) is 6.42 Å². The molecule has 0 aromatic heterocycles. The summed E-state index contributed by atoms with van der Waals surface area (Å²) in [5.74, 6) is -3.83. The van der Waals surface area contributed by atoms with Crippen LogP contribution >= 0.6 is 0 Å². The molecule has 0 spiro atoms. The summed E-state index contributed by atoms with van der Waals surface area (Å²) in [5.41, 5.74) is -0.745. The van der Waals surface area contributed by atoms with Crippen LogP contribution in [0.1, 0.15) is 17.5 Å². The molecule has 1 fully saturated rings. The predicted molar refractivity (Wildman–Crippen MR) is 63.1 cm³/mol. The molecule has 0 radical (unpaired) electrons. The van der Waals surface area contributed by atoms with Crippen molar-refractivity contribution in [1.29, 1.82) is 0 Å². The Morgan fingerprint density at radius 1 is 0.684 bits per heavy atom. The Morgan fingerprint density at radius 3 is 1.26 bits per heavy atom. The molecule has 0 aliphatic heterocycles. The van der Waals surface area contributed by atoms with Crippen molar-refractivity contribution in [1.82, 2.24) is 0 Å². The highest BCUT2D eigenvalue weighted by Gasteiger charge is 2.72. The third kappa shape index (κ3) is 1.74. The maximum absolute atomic E-state index is 13.8. The van der Waals surface area contributed by atoms with E-state index >= 15 is 0 Å². The number of benzene rings is 2. The minimum Gasteiger partial charge on any atom is -0.207 e. The molecule has 2 aromatic carbocycles. The van der Waals surface area contributed by atoms with E-state index in [9.17, 15) is 17.6 Å². The third-order valence-electron chi connectivity index (χ3n) is 3.66. The van der Waals surface area contributed by atoms with Gasteiger partial charge in [0, 0.05) is 6.42 Å². The second-order valence-electron chi connectivity index (χ2n) is 4.80. The van der Waals surface area contributed by atoms with Gasteiger partial charge in [-0.05, 0) is 35.4 Å². The fourth-order valence-electron chi connectivity index (χ4n) is 2.55. The molecule has 0 atom stereocenters. The Labute approximate surface area is 107 Å². The lowest BCUT2D eigenvalue weighted by Gasteiger charge is -2.17. The smallest absolute Gasteiger partial charge is 0.207 e. The van der Waals surface area contributed by atoms with Gasteiger partial charge in [0.15, 0.2) is 0 Å². The van der Waals surface area contributed by atoms with Crippen molar-refractivity contribution in [2.75, 3.05) is 0 Å². The minimum atomic E-state index is -2.89. The SMILES string of the molecule is Fc1ccc(C2(c3ccc(F)cc3)CC2(F)F)cc1. The van der Waals surface area contributed by atoms with Gasteiger partial charge in [0.1, 0.15) is 11.6 Å². The lowest BCUT2D eigenvalue weighted by atomic mass is 9.87. The largest absolute Gasteiger partial charge is 0.263 e. The lowest BCUT2D eigenvalue weighted by molar-refractivity contribution is 0.0966. The molecule has 2 aromatic rings. The van der Waals surface area contributed by atoms with Crippen LogP contribution in [0.2, 0.25) is 0 Å². The quantitative estimate of drug-likeness (QED) is 0.711. The monoisotopic (exact) mass is 266 g/mol. The Kier molecular flexibility index (Phi) is 2.46. The van der Waals surface area contributed by atoms with E-state index in [0.29, 0.717) is 11.1 Å². The van der Waals surface area contributed by atoms with Gasteiger partial charge in [0.05, 0.1) is 5.41 Å². The van der Waals surface area contributed by atoms with Crippen LogP contribution in [0.15, 0.2) is 48.5 Å². The molecular weight excluding hydrogens is 256 g/mol. The topological polar surface area (TPSA) is 0 Å². The average Bonchev–Trinajstić information content (AvgIpc) is 2.95. The average molecular weight is 266 g/mol. The van der Waals surface area contributed by atoms with Crippen LogP contribution in [-0.4, -0.2) is 5.92 Å². The fraction of sp³-hybridized carbons (Fsp3) is 0.200. The standard InChI is InChI=1S/C15H10F4/c16-12-5-1-10(2-6-12)14(9-15(14,18)19)11-3-7-13(17)8-4-11/h1-8H,9H2. The van der Waals surface area contributed by atoms with Gasteiger partial charge in [-0.15, -0.1) is 0 Å². The van der Waals surface area contributed by atoms with Gasteiger partial charge >= 0.3 is 0 Å². The fourth-order valence-corrected chi connectivity index (χ4v) is 2.55. The van der Waals surface area contributed by atoms with Crippen LogP contribution in [0, 0.1) is 11.6 Å². The van der Waals surface area contributed by atoms with Gasteiger partial charge in [-0.3, -0.25) is 0 Å². The van der Waals surface area contributed by atoms with E-state index in [4.69, 9.17) is 0 Å². The summed E-state index contributed by atoms with van der Waals surface area (Å²) >= 11 is 0. The first-order valence-electron chi connectivity index (χ1n) is 5.86. The van der Waals surface area contributed by atoms with Crippen LogP contribution in [-0.2, 0) is 5.41 Å². The van der Waals surface area contributed by atoms with Gasteiger partial charge in [0.2, 0.25) is 0 Å². The van der Waals surface area contributed by atoms with E-state index in [0.717, 1.165) is 24.3 Å². The molecule has 98 valence electrons. The Hall–Kier alpha value is -1.84. The second kappa shape index (κ2) is 3.83. The van der Waals surface area contributed by atoms with Gasteiger partial charge in [0.25, 0.3) is 5.92 Å². The van der Waals surface area contributed by atoms with E-state index in [1.807, 2.05) is 0 Å². The molecule has 0 nitrogen and oxygen atoms in total. The first kappa shape index (κ1) is 12.2. The normalized spacial score (nSPS) is 19.2. The number of halogens is 4. The van der Waals surface area contributed by atoms with E-state index < -0.39 is 23.0 Å². The van der Waals surface area contributed by atoms with Crippen molar-refractivity contribution in [2.24, 2.45) is 0 Å². The molecule has 0 amide bonds. The zero-order chi connectivity index (χ0) is 13.7. The van der Waals surface area contributed by atoms with Crippen molar-refractivity contribution in [3.05, 3.63) is 71.3 Å².